The zero-order valence-corrected chi connectivity index (χ0v) is 11.2. The van der Waals surface area contributed by atoms with E-state index in [9.17, 15) is 10.1 Å². The Morgan fingerprint density at radius 1 is 1.50 bits per heavy atom. The van der Waals surface area contributed by atoms with Crippen molar-refractivity contribution in [3.63, 3.8) is 0 Å². The number of ether oxygens (including phenoxy) is 1. The van der Waals surface area contributed by atoms with E-state index in [1.807, 2.05) is 0 Å². The van der Waals surface area contributed by atoms with Crippen LogP contribution in [0, 0.1) is 10.1 Å². The minimum absolute atomic E-state index is 0.0615. The first-order valence-corrected chi connectivity index (χ1v) is 6.68. The molecule has 1 aliphatic rings. The molecule has 1 aliphatic heterocycles. The number of hydrogen-bond donors (Lipinski definition) is 3. The van der Waals surface area contributed by atoms with Crippen LogP contribution in [0.5, 0.6) is 0 Å². The number of pyridine rings is 1. The Labute approximate surface area is 116 Å². The summed E-state index contributed by atoms with van der Waals surface area (Å²) in [4.78, 5) is 14.5. The lowest BCUT2D eigenvalue weighted by Gasteiger charge is -2.22. The van der Waals surface area contributed by atoms with Gasteiger partial charge in [-0.3, -0.25) is 10.1 Å². The van der Waals surface area contributed by atoms with Crippen LogP contribution in [0.2, 0.25) is 0 Å². The number of nitrogen functional groups attached to an aromatic ring is 1. The molecule has 8 heteroatoms. The molecule has 1 aromatic heterocycles. The maximum Gasteiger partial charge on any atom is 0.311 e. The highest BCUT2D eigenvalue weighted by molar-refractivity contribution is 5.59. The van der Waals surface area contributed by atoms with Crippen LogP contribution in [0.3, 0.4) is 0 Å². The van der Waals surface area contributed by atoms with Crippen molar-refractivity contribution in [1.29, 1.82) is 0 Å². The van der Waals surface area contributed by atoms with Crippen LogP contribution in [0.25, 0.3) is 0 Å². The molecule has 1 aromatic rings. The highest BCUT2D eigenvalue weighted by Gasteiger charge is 2.17. The number of nitrogens with two attached hydrogens (primary N) is 1. The van der Waals surface area contributed by atoms with Gasteiger partial charge in [0.15, 0.2) is 0 Å². The van der Waals surface area contributed by atoms with Gasteiger partial charge in [-0.1, -0.05) is 0 Å². The van der Waals surface area contributed by atoms with Crippen molar-refractivity contribution in [2.75, 3.05) is 23.9 Å². The Hall–Kier alpha value is -1.93. The Balaban J connectivity index is 1.94. The van der Waals surface area contributed by atoms with Crippen LogP contribution in [0.15, 0.2) is 12.1 Å². The van der Waals surface area contributed by atoms with E-state index in [2.05, 4.69) is 15.7 Å². The van der Waals surface area contributed by atoms with Crippen LogP contribution in [-0.4, -0.2) is 29.2 Å². The first-order chi connectivity index (χ1) is 9.70. The van der Waals surface area contributed by atoms with Gasteiger partial charge in [0.2, 0.25) is 5.82 Å². The first kappa shape index (κ1) is 14.5. The molecule has 8 nitrogen and oxygen atoms in total. The second-order valence-corrected chi connectivity index (χ2v) is 4.67. The Kier molecular flexibility index (Phi) is 5.08. The molecule has 0 saturated carbocycles. The van der Waals surface area contributed by atoms with E-state index >= 15 is 0 Å². The van der Waals surface area contributed by atoms with Gasteiger partial charge in [-0.15, -0.1) is 0 Å². The number of rotatable bonds is 6. The van der Waals surface area contributed by atoms with Gasteiger partial charge in [0.1, 0.15) is 5.82 Å². The summed E-state index contributed by atoms with van der Waals surface area (Å²) >= 11 is 0. The summed E-state index contributed by atoms with van der Waals surface area (Å²) in [6.07, 6.45) is 4.36. The van der Waals surface area contributed by atoms with E-state index in [0.29, 0.717) is 12.4 Å². The molecule has 1 unspecified atom stereocenters. The van der Waals surface area contributed by atoms with Crippen molar-refractivity contribution in [1.82, 2.24) is 4.98 Å². The summed E-state index contributed by atoms with van der Waals surface area (Å²) < 4.78 is 5.61. The summed E-state index contributed by atoms with van der Waals surface area (Å²) in [5, 5.41) is 13.9. The van der Waals surface area contributed by atoms with Crippen LogP contribution >= 0.6 is 0 Å². The predicted octanol–water partition coefficient (Wildman–Crippen LogP) is 1.65. The third kappa shape index (κ3) is 3.78. The summed E-state index contributed by atoms with van der Waals surface area (Å²) in [5.41, 5.74) is 2.31. The molecule has 2 heterocycles. The average molecular weight is 281 g/mol. The van der Waals surface area contributed by atoms with Crippen LogP contribution in [0.4, 0.5) is 17.3 Å². The Morgan fingerprint density at radius 2 is 2.35 bits per heavy atom. The third-order valence-corrected chi connectivity index (χ3v) is 3.25. The lowest BCUT2D eigenvalue weighted by atomic mass is 10.1. The standard InChI is InChI=1S/C12H19N5O3/c13-16-11-5-4-10(17(18)19)12(15-11)14-7-6-9-3-1-2-8-20-9/h4-5,9H,1-3,6-8,13H2,(H2,14,15,16). The maximum atomic E-state index is 10.9. The number of anilines is 2. The molecule has 1 saturated heterocycles. The molecule has 0 radical (unpaired) electrons. The molecule has 0 aliphatic carbocycles. The molecule has 110 valence electrons. The fraction of sp³-hybridized carbons (Fsp3) is 0.583. The van der Waals surface area contributed by atoms with Crippen molar-refractivity contribution in [3.8, 4) is 0 Å². The van der Waals surface area contributed by atoms with Gasteiger partial charge in [0, 0.05) is 19.2 Å². The van der Waals surface area contributed by atoms with Gasteiger partial charge in [-0.2, -0.15) is 0 Å². The van der Waals surface area contributed by atoms with Crippen molar-refractivity contribution in [2.24, 2.45) is 5.84 Å². The number of hydrogen-bond acceptors (Lipinski definition) is 7. The maximum absolute atomic E-state index is 10.9. The normalized spacial score (nSPS) is 18.6. The lowest BCUT2D eigenvalue weighted by Crippen LogP contribution is -2.22. The average Bonchev–Trinajstić information content (AvgIpc) is 2.48. The molecule has 0 aromatic carbocycles. The molecule has 20 heavy (non-hydrogen) atoms. The minimum Gasteiger partial charge on any atom is -0.378 e. The van der Waals surface area contributed by atoms with E-state index < -0.39 is 4.92 Å². The number of aromatic nitrogens is 1. The number of nitro groups is 1. The first-order valence-electron chi connectivity index (χ1n) is 6.68. The van der Waals surface area contributed by atoms with E-state index in [1.165, 1.54) is 18.6 Å². The molecule has 4 N–H and O–H groups in total. The highest BCUT2D eigenvalue weighted by Crippen LogP contribution is 2.24. The third-order valence-electron chi connectivity index (χ3n) is 3.25. The van der Waals surface area contributed by atoms with E-state index in [1.54, 1.807) is 0 Å². The fourth-order valence-electron chi connectivity index (χ4n) is 2.20. The summed E-state index contributed by atoms with van der Waals surface area (Å²) in [6.45, 7) is 1.38. The zero-order chi connectivity index (χ0) is 14.4. The topological polar surface area (TPSA) is 115 Å². The fourth-order valence-corrected chi connectivity index (χ4v) is 2.20. The molecule has 0 spiro atoms. The molecular formula is C12H19N5O3. The predicted molar refractivity (Wildman–Crippen MR) is 75.4 cm³/mol. The molecule has 2 rings (SSSR count). The van der Waals surface area contributed by atoms with Crippen molar-refractivity contribution in [2.45, 2.75) is 31.8 Å². The summed E-state index contributed by atoms with van der Waals surface area (Å²) in [5.74, 6) is 5.87. The Bertz CT molecular complexity index is 462. The van der Waals surface area contributed by atoms with Gasteiger partial charge < -0.3 is 15.5 Å². The Morgan fingerprint density at radius 3 is 3.00 bits per heavy atom. The molecule has 0 bridgehead atoms. The quantitative estimate of drug-likeness (QED) is 0.412. The number of hydrazine groups is 1. The molecule has 1 fully saturated rings. The second kappa shape index (κ2) is 7.01. The van der Waals surface area contributed by atoms with Crippen molar-refractivity contribution >= 4 is 17.3 Å². The van der Waals surface area contributed by atoms with Crippen molar-refractivity contribution in [3.05, 3.63) is 22.2 Å². The molecule has 1 atom stereocenters. The van der Waals surface area contributed by atoms with Gasteiger partial charge in [0.25, 0.3) is 0 Å². The minimum atomic E-state index is -0.466. The summed E-state index contributed by atoms with van der Waals surface area (Å²) in [6, 6.07) is 2.84. The molecular weight excluding hydrogens is 262 g/mol. The zero-order valence-electron chi connectivity index (χ0n) is 11.2. The van der Waals surface area contributed by atoms with Gasteiger partial charge in [-0.25, -0.2) is 10.8 Å². The largest absolute Gasteiger partial charge is 0.378 e. The monoisotopic (exact) mass is 281 g/mol. The van der Waals surface area contributed by atoms with Crippen LogP contribution < -0.4 is 16.6 Å². The number of nitrogens with zero attached hydrogens (tertiary/aromatic N) is 2. The molecule has 0 amide bonds. The van der Waals surface area contributed by atoms with Crippen LogP contribution in [0.1, 0.15) is 25.7 Å². The summed E-state index contributed by atoms with van der Waals surface area (Å²) in [7, 11) is 0. The van der Waals surface area contributed by atoms with Gasteiger partial charge in [0.05, 0.1) is 11.0 Å². The SMILES string of the molecule is NNc1ccc([N+](=O)[O-])c(NCCC2CCCCO2)n1. The highest BCUT2D eigenvalue weighted by atomic mass is 16.6. The van der Waals surface area contributed by atoms with Crippen molar-refractivity contribution < 1.29 is 9.66 Å². The van der Waals surface area contributed by atoms with Crippen LogP contribution in [-0.2, 0) is 4.74 Å². The van der Waals surface area contributed by atoms with E-state index in [4.69, 9.17) is 10.6 Å². The van der Waals surface area contributed by atoms with Gasteiger partial charge in [-0.05, 0) is 31.7 Å². The number of nitrogens with one attached hydrogen (secondary N) is 2. The van der Waals surface area contributed by atoms with Gasteiger partial charge >= 0.3 is 5.69 Å². The smallest absolute Gasteiger partial charge is 0.311 e. The lowest BCUT2D eigenvalue weighted by molar-refractivity contribution is -0.384. The van der Waals surface area contributed by atoms with E-state index in [0.717, 1.165) is 25.9 Å². The second-order valence-electron chi connectivity index (χ2n) is 4.67. The van der Waals surface area contributed by atoms with E-state index in [-0.39, 0.29) is 17.6 Å².